The van der Waals surface area contributed by atoms with Crippen molar-refractivity contribution in [3.8, 4) is 0 Å². The Kier molecular flexibility index (Phi) is 4.78. The van der Waals surface area contributed by atoms with Crippen LogP contribution in [0.3, 0.4) is 0 Å². The highest BCUT2D eigenvalue weighted by molar-refractivity contribution is 5.71. The van der Waals surface area contributed by atoms with Gasteiger partial charge in [-0.1, -0.05) is 50.8 Å². The Morgan fingerprint density at radius 2 is 1.74 bits per heavy atom. The number of hydrogen-bond donors (Lipinski definition) is 1. The minimum atomic E-state index is 0.135. The lowest BCUT2D eigenvalue weighted by Gasteiger charge is -2.47. The van der Waals surface area contributed by atoms with Crippen LogP contribution in [0.4, 0.5) is 0 Å². The average Bonchev–Trinajstić information content (AvgIpc) is 2.49. The number of nitrogens with zero attached hydrogens (tertiary/aromatic N) is 1. The lowest BCUT2D eigenvalue weighted by Crippen LogP contribution is -2.55. The molecule has 1 fully saturated rings. The highest BCUT2D eigenvalue weighted by Crippen LogP contribution is 2.38. The SMILES string of the molecule is C=C(c1ccccc1)C1(N(CC)CC)CCNCC1. The Morgan fingerprint density at radius 1 is 1.16 bits per heavy atom. The molecule has 2 heteroatoms. The molecule has 1 aliphatic rings. The van der Waals surface area contributed by atoms with Gasteiger partial charge in [0.05, 0.1) is 0 Å². The van der Waals surface area contributed by atoms with E-state index in [2.05, 4.69) is 61.0 Å². The summed E-state index contributed by atoms with van der Waals surface area (Å²) in [6.07, 6.45) is 2.31. The second kappa shape index (κ2) is 6.36. The second-order valence-corrected chi connectivity index (χ2v) is 5.30. The van der Waals surface area contributed by atoms with E-state index in [0.717, 1.165) is 39.0 Å². The molecule has 2 nitrogen and oxygen atoms in total. The summed E-state index contributed by atoms with van der Waals surface area (Å²) in [6, 6.07) is 10.7. The predicted octanol–water partition coefficient (Wildman–Crippen LogP) is 3.16. The van der Waals surface area contributed by atoms with Crippen LogP contribution in [-0.4, -0.2) is 36.6 Å². The zero-order chi connectivity index (χ0) is 13.7. The summed E-state index contributed by atoms with van der Waals surface area (Å²) in [5.41, 5.74) is 2.71. The summed E-state index contributed by atoms with van der Waals surface area (Å²) < 4.78 is 0. The van der Waals surface area contributed by atoms with Crippen LogP contribution >= 0.6 is 0 Å². The van der Waals surface area contributed by atoms with Gasteiger partial charge in [0.25, 0.3) is 0 Å². The molecule has 1 saturated heterocycles. The normalized spacial score (nSPS) is 18.5. The first kappa shape index (κ1) is 14.3. The number of likely N-dealkylation sites (N-methyl/N-ethyl adjacent to an activating group) is 1. The van der Waals surface area contributed by atoms with Gasteiger partial charge in [-0.25, -0.2) is 0 Å². The molecule has 0 unspecified atom stereocenters. The molecule has 0 amide bonds. The van der Waals surface area contributed by atoms with Crippen molar-refractivity contribution in [2.45, 2.75) is 32.2 Å². The molecule has 19 heavy (non-hydrogen) atoms. The Bertz CT molecular complexity index is 401. The summed E-state index contributed by atoms with van der Waals surface area (Å²) in [7, 11) is 0. The van der Waals surface area contributed by atoms with Crippen molar-refractivity contribution in [2.24, 2.45) is 0 Å². The minimum Gasteiger partial charge on any atom is -0.317 e. The highest BCUT2D eigenvalue weighted by atomic mass is 15.2. The van der Waals surface area contributed by atoms with Crippen LogP contribution in [-0.2, 0) is 0 Å². The van der Waals surface area contributed by atoms with Crippen LogP contribution in [0.2, 0.25) is 0 Å². The van der Waals surface area contributed by atoms with E-state index < -0.39 is 0 Å². The number of nitrogens with one attached hydrogen (secondary N) is 1. The Morgan fingerprint density at radius 3 is 2.26 bits per heavy atom. The molecular formula is C17H26N2. The number of hydrogen-bond acceptors (Lipinski definition) is 2. The Hall–Kier alpha value is -1.12. The van der Waals surface area contributed by atoms with Crippen molar-refractivity contribution >= 4 is 5.57 Å². The van der Waals surface area contributed by atoms with E-state index in [9.17, 15) is 0 Å². The number of piperidine rings is 1. The van der Waals surface area contributed by atoms with Gasteiger partial charge in [-0.3, -0.25) is 4.90 Å². The quantitative estimate of drug-likeness (QED) is 0.872. The molecule has 2 rings (SSSR count). The molecule has 0 atom stereocenters. The fourth-order valence-electron chi connectivity index (χ4n) is 3.39. The molecule has 0 saturated carbocycles. The fraction of sp³-hybridized carbons (Fsp3) is 0.529. The van der Waals surface area contributed by atoms with E-state index in [4.69, 9.17) is 0 Å². The summed E-state index contributed by atoms with van der Waals surface area (Å²) in [5, 5.41) is 3.48. The Labute approximate surface area is 117 Å². The lowest BCUT2D eigenvalue weighted by molar-refractivity contribution is 0.119. The first-order chi connectivity index (χ1) is 9.24. The van der Waals surface area contributed by atoms with E-state index in [0.29, 0.717) is 0 Å². The molecule has 1 aliphatic heterocycles. The molecule has 0 spiro atoms. The summed E-state index contributed by atoms with van der Waals surface area (Å²) in [5.74, 6) is 0. The van der Waals surface area contributed by atoms with Crippen molar-refractivity contribution in [3.63, 3.8) is 0 Å². The Balaban J connectivity index is 2.34. The maximum absolute atomic E-state index is 4.47. The maximum Gasteiger partial charge on any atom is 0.0484 e. The van der Waals surface area contributed by atoms with Crippen molar-refractivity contribution < 1.29 is 0 Å². The second-order valence-electron chi connectivity index (χ2n) is 5.30. The average molecular weight is 258 g/mol. The van der Waals surface area contributed by atoms with Crippen molar-refractivity contribution in [1.82, 2.24) is 10.2 Å². The van der Waals surface area contributed by atoms with Crippen molar-refractivity contribution in [3.05, 3.63) is 42.5 Å². The summed E-state index contributed by atoms with van der Waals surface area (Å²) in [4.78, 5) is 2.59. The smallest absolute Gasteiger partial charge is 0.0484 e. The standard InChI is InChI=1S/C17H26N2/c1-4-19(5-2)17(11-13-18-14-12-17)15(3)16-9-7-6-8-10-16/h6-10,18H,3-5,11-14H2,1-2H3. The monoisotopic (exact) mass is 258 g/mol. The van der Waals surface area contributed by atoms with Gasteiger partial charge in [-0.15, -0.1) is 0 Å². The molecule has 1 heterocycles. The van der Waals surface area contributed by atoms with Gasteiger partial charge in [0.2, 0.25) is 0 Å². The zero-order valence-electron chi connectivity index (χ0n) is 12.3. The molecule has 1 N–H and O–H groups in total. The van der Waals surface area contributed by atoms with Crippen molar-refractivity contribution in [2.75, 3.05) is 26.2 Å². The molecule has 1 aromatic carbocycles. The van der Waals surface area contributed by atoms with Crippen LogP contribution < -0.4 is 5.32 Å². The van der Waals surface area contributed by atoms with E-state index >= 15 is 0 Å². The van der Waals surface area contributed by atoms with E-state index in [1.807, 2.05) is 0 Å². The van der Waals surface area contributed by atoms with Gasteiger partial charge in [0, 0.05) is 5.54 Å². The van der Waals surface area contributed by atoms with E-state index in [-0.39, 0.29) is 5.54 Å². The van der Waals surface area contributed by atoms with Gasteiger partial charge in [-0.2, -0.15) is 0 Å². The maximum atomic E-state index is 4.47. The molecule has 0 aliphatic carbocycles. The molecule has 104 valence electrons. The lowest BCUT2D eigenvalue weighted by atomic mass is 9.77. The summed E-state index contributed by atoms with van der Waals surface area (Å²) in [6.45, 7) is 13.3. The fourth-order valence-corrected chi connectivity index (χ4v) is 3.39. The van der Waals surface area contributed by atoms with Gasteiger partial charge < -0.3 is 5.32 Å². The highest BCUT2D eigenvalue weighted by Gasteiger charge is 2.39. The van der Waals surface area contributed by atoms with Crippen LogP contribution in [0.15, 0.2) is 36.9 Å². The largest absolute Gasteiger partial charge is 0.317 e. The van der Waals surface area contributed by atoms with Gasteiger partial charge in [0.15, 0.2) is 0 Å². The summed E-state index contributed by atoms with van der Waals surface area (Å²) >= 11 is 0. The topological polar surface area (TPSA) is 15.3 Å². The van der Waals surface area contributed by atoms with Gasteiger partial charge in [0.1, 0.15) is 0 Å². The van der Waals surface area contributed by atoms with Crippen LogP contribution in [0, 0.1) is 0 Å². The molecule has 0 bridgehead atoms. The third kappa shape index (κ3) is 2.75. The first-order valence-corrected chi connectivity index (χ1v) is 7.45. The first-order valence-electron chi connectivity index (χ1n) is 7.45. The van der Waals surface area contributed by atoms with Crippen molar-refractivity contribution in [1.29, 1.82) is 0 Å². The van der Waals surface area contributed by atoms with Crippen LogP contribution in [0.5, 0.6) is 0 Å². The predicted molar refractivity (Wildman–Crippen MR) is 83.2 cm³/mol. The third-order valence-corrected chi connectivity index (χ3v) is 4.48. The third-order valence-electron chi connectivity index (χ3n) is 4.48. The van der Waals surface area contributed by atoms with E-state index in [1.165, 1.54) is 11.1 Å². The number of benzene rings is 1. The molecule has 0 aromatic heterocycles. The van der Waals surface area contributed by atoms with E-state index in [1.54, 1.807) is 0 Å². The van der Waals surface area contributed by atoms with Crippen LogP contribution in [0.25, 0.3) is 5.57 Å². The zero-order valence-corrected chi connectivity index (χ0v) is 12.3. The van der Waals surface area contributed by atoms with Gasteiger partial charge in [-0.05, 0) is 50.2 Å². The van der Waals surface area contributed by atoms with Crippen LogP contribution in [0.1, 0.15) is 32.3 Å². The molecule has 0 radical (unpaired) electrons. The van der Waals surface area contributed by atoms with Gasteiger partial charge >= 0.3 is 0 Å². The number of rotatable bonds is 5. The molecular weight excluding hydrogens is 232 g/mol. The molecule has 1 aromatic rings. The minimum absolute atomic E-state index is 0.135.